The summed E-state index contributed by atoms with van der Waals surface area (Å²) in [6.07, 6.45) is -0.532. The molecule has 0 aliphatic heterocycles. The first-order chi connectivity index (χ1) is 8.65. The third kappa shape index (κ3) is 5.04. The largest absolute Gasteiger partial charge is 0.491 e. The number of aliphatic hydroxyl groups excluding tert-OH is 1. The van der Waals surface area contributed by atoms with E-state index in [1.54, 1.807) is 14.0 Å². The van der Waals surface area contributed by atoms with E-state index in [0.717, 1.165) is 16.9 Å². The molecule has 1 aromatic carbocycles. The van der Waals surface area contributed by atoms with Gasteiger partial charge in [0.2, 0.25) is 0 Å². The SMILES string of the molecule is COCCOCCOc1cc(C)ccc1[C@@H](C)O. The van der Waals surface area contributed by atoms with Gasteiger partial charge in [-0.3, -0.25) is 0 Å². The second kappa shape index (κ2) is 8.08. The molecule has 0 aliphatic carbocycles. The third-order valence-corrected chi connectivity index (χ3v) is 2.54. The Morgan fingerprint density at radius 3 is 2.56 bits per heavy atom. The standard InChI is InChI=1S/C14H22O4/c1-11-4-5-13(12(2)15)14(10-11)18-9-8-17-7-6-16-3/h4-5,10,12,15H,6-9H2,1-3H3/t12-/m1/s1. The van der Waals surface area contributed by atoms with Gasteiger partial charge in [-0.1, -0.05) is 12.1 Å². The second-order valence-corrected chi connectivity index (χ2v) is 4.17. The van der Waals surface area contributed by atoms with Crippen molar-refractivity contribution in [3.05, 3.63) is 29.3 Å². The lowest BCUT2D eigenvalue weighted by Gasteiger charge is -2.14. The molecule has 0 amide bonds. The number of aryl methyl sites for hydroxylation is 1. The molecular formula is C14H22O4. The Morgan fingerprint density at radius 1 is 1.17 bits per heavy atom. The van der Waals surface area contributed by atoms with Gasteiger partial charge in [0.05, 0.1) is 25.9 Å². The van der Waals surface area contributed by atoms with Gasteiger partial charge in [-0.2, -0.15) is 0 Å². The fourth-order valence-corrected chi connectivity index (χ4v) is 1.57. The Bertz CT molecular complexity index is 350. The minimum atomic E-state index is -0.532. The minimum Gasteiger partial charge on any atom is -0.491 e. The van der Waals surface area contributed by atoms with Crippen LogP contribution in [-0.2, 0) is 9.47 Å². The van der Waals surface area contributed by atoms with Crippen LogP contribution in [0.2, 0.25) is 0 Å². The summed E-state index contributed by atoms with van der Waals surface area (Å²) in [7, 11) is 1.64. The summed E-state index contributed by atoms with van der Waals surface area (Å²) in [4.78, 5) is 0. The monoisotopic (exact) mass is 254 g/mol. The summed E-state index contributed by atoms with van der Waals surface area (Å²) < 4.78 is 15.8. The highest BCUT2D eigenvalue weighted by Gasteiger charge is 2.09. The van der Waals surface area contributed by atoms with Crippen LogP contribution in [0.25, 0.3) is 0 Å². The predicted octanol–water partition coefficient (Wildman–Crippen LogP) is 2.09. The van der Waals surface area contributed by atoms with Crippen LogP contribution in [0.5, 0.6) is 5.75 Å². The molecule has 1 atom stereocenters. The maximum absolute atomic E-state index is 9.64. The van der Waals surface area contributed by atoms with Crippen molar-refractivity contribution in [1.82, 2.24) is 0 Å². The van der Waals surface area contributed by atoms with E-state index in [2.05, 4.69) is 0 Å². The topological polar surface area (TPSA) is 47.9 Å². The van der Waals surface area contributed by atoms with Crippen LogP contribution in [0, 0.1) is 6.92 Å². The van der Waals surface area contributed by atoms with Crippen molar-refractivity contribution in [1.29, 1.82) is 0 Å². The van der Waals surface area contributed by atoms with E-state index in [-0.39, 0.29) is 0 Å². The molecule has 0 bridgehead atoms. The molecule has 0 saturated carbocycles. The van der Waals surface area contributed by atoms with Gasteiger partial charge in [-0.15, -0.1) is 0 Å². The number of hydrogen-bond donors (Lipinski definition) is 1. The van der Waals surface area contributed by atoms with Crippen LogP contribution in [0.3, 0.4) is 0 Å². The van der Waals surface area contributed by atoms with E-state index in [1.807, 2.05) is 25.1 Å². The zero-order valence-corrected chi connectivity index (χ0v) is 11.3. The maximum atomic E-state index is 9.64. The van der Waals surface area contributed by atoms with E-state index < -0.39 is 6.10 Å². The molecule has 0 spiro atoms. The molecule has 18 heavy (non-hydrogen) atoms. The van der Waals surface area contributed by atoms with Crippen molar-refractivity contribution in [3.8, 4) is 5.75 Å². The summed E-state index contributed by atoms with van der Waals surface area (Å²) in [6.45, 7) is 5.85. The van der Waals surface area contributed by atoms with Gasteiger partial charge >= 0.3 is 0 Å². The highest BCUT2D eigenvalue weighted by molar-refractivity contribution is 5.38. The third-order valence-electron chi connectivity index (χ3n) is 2.54. The lowest BCUT2D eigenvalue weighted by atomic mass is 10.1. The zero-order chi connectivity index (χ0) is 13.4. The van der Waals surface area contributed by atoms with E-state index >= 15 is 0 Å². The van der Waals surface area contributed by atoms with Crippen LogP contribution in [0.4, 0.5) is 0 Å². The number of ether oxygens (including phenoxy) is 3. The second-order valence-electron chi connectivity index (χ2n) is 4.17. The van der Waals surface area contributed by atoms with Crippen molar-refractivity contribution in [3.63, 3.8) is 0 Å². The highest BCUT2D eigenvalue weighted by atomic mass is 16.5. The molecule has 0 saturated heterocycles. The molecule has 0 fully saturated rings. The Labute approximate surface area is 108 Å². The molecule has 1 N–H and O–H groups in total. The van der Waals surface area contributed by atoms with Crippen LogP contribution < -0.4 is 4.74 Å². The van der Waals surface area contributed by atoms with E-state index in [0.29, 0.717) is 26.4 Å². The Hall–Kier alpha value is -1.10. The summed E-state index contributed by atoms with van der Waals surface area (Å²) in [5, 5.41) is 9.64. The molecule has 1 aromatic rings. The Kier molecular flexibility index (Phi) is 6.72. The fraction of sp³-hybridized carbons (Fsp3) is 0.571. The van der Waals surface area contributed by atoms with Crippen LogP contribution in [-0.4, -0.2) is 38.6 Å². The molecule has 0 heterocycles. The average molecular weight is 254 g/mol. The normalized spacial score (nSPS) is 12.4. The molecule has 1 rings (SSSR count). The number of benzene rings is 1. The Balaban J connectivity index is 2.43. The number of rotatable bonds is 8. The molecule has 4 nitrogen and oxygen atoms in total. The predicted molar refractivity (Wildman–Crippen MR) is 70.0 cm³/mol. The lowest BCUT2D eigenvalue weighted by Crippen LogP contribution is -2.11. The average Bonchev–Trinajstić information content (AvgIpc) is 2.33. The quantitative estimate of drug-likeness (QED) is 0.722. The van der Waals surface area contributed by atoms with Crippen LogP contribution in [0.15, 0.2) is 18.2 Å². The molecule has 102 valence electrons. The van der Waals surface area contributed by atoms with Gasteiger partial charge in [0.25, 0.3) is 0 Å². The maximum Gasteiger partial charge on any atom is 0.125 e. The van der Waals surface area contributed by atoms with Gasteiger partial charge < -0.3 is 19.3 Å². The summed E-state index contributed by atoms with van der Waals surface area (Å²) in [6, 6.07) is 5.78. The van der Waals surface area contributed by atoms with Gasteiger partial charge in [0.1, 0.15) is 12.4 Å². The Morgan fingerprint density at radius 2 is 1.89 bits per heavy atom. The van der Waals surface area contributed by atoms with Crippen LogP contribution >= 0.6 is 0 Å². The fourth-order valence-electron chi connectivity index (χ4n) is 1.57. The highest BCUT2D eigenvalue weighted by Crippen LogP contribution is 2.26. The number of methoxy groups -OCH3 is 1. The summed E-state index contributed by atoms with van der Waals surface area (Å²) >= 11 is 0. The first kappa shape index (κ1) is 15.0. The van der Waals surface area contributed by atoms with Crippen molar-refractivity contribution in [2.24, 2.45) is 0 Å². The molecule has 0 aliphatic rings. The van der Waals surface area contributed by atoms with Crippen molar-refractivity contribution >= 4 is 0 Å². The van der Waals surface area contributed by atoms with Crippen molar-refractivity contribution in [2.75, 3.05) is 33.5 Å². The lowest BCUT2D eigenvalue weighted by molar-refractivity contribution is 0.0538. The van der Waals surface area contributed by atoms with E-state index in [4.69, 9.17) is 14.2 Å². The van der Waals surface area contributed by atoms with Gasteiger partial charge in [-0.05, 0) is 25.5 Å². The van der Waals surface area contributed by atoms with Crippen molar-refractivity contribution in [2.45, 2.75) is 20.0 Å². The smallest absolute Gasteiger partial charge is 0.125 e. The van der Waals surface area contributed by atoms with Gasteiger partial charge in [0, 0.05) is 12.7 Å². The van der Waals surface area contributed by atoms with E-state index in [1.165, 1.54) is 0 Å². The van der Waals surface area contributed by atoms with Crippen molar-refractivity contribution < 1.29 is 19.3 Å². The van der Waals surface area contributed by atoms with Gasteiger partial charge in [-0.25, -0.2) is 0 Å². The molecule has 4 heteroatoms. The van der Waals surface area contributed by atoms with Gasteiger partial charge in [0.15, 0.2) is 0 Å². The molecule has 0 radical (unpaired) electrons. The number of aliphatic hydroxyl groups is 1. The van der Waals surface area contributed by atoms with Crippen LogP contribution in [0.1, 0.15) is 24.2 Å². The molecular weight excluding hydrogens is 232 g/mol. The molecule has 0 aromatic heterocycles. The zero-order valence-electron chi connectivity index (χ0n) is 11.3. The number of hydrogen-bond acceptors (Lipinski definition) is 4. The first-order valence-corrected chi connectivity index (χ1v) is 6.13. The minimum absolute atomic E-state index is 0.465. The van der Waals surface area contributed by atoms with E-state index in [9.17, 15) is 5.11 Å². The summed E-state index contributed by atoms with van der Waals surface area (Å²) in [5.74, 6) is 0.723. The first-order valence-electron chi connectivity index (χ1n) is 6.13. The molecule has 0 unspecified atom stereocenters. The summed E-state index contributed by atoms with van der Waals surface area (Å²) in [5.41, 5.74) is 1.91.